The van der Waals surface area contributed by atoms with Gasteiger partial charge in [0.05, 0.1) is 26.6 Å². The fourth-order valence-electron chi connectivity index (χ4n) is 2.88. The molecule has 160 valence electrons. The van der Waals surface area contributed by atoms with Crippen molar-refractivity contribution in [1.82, 2.24) is 10.3 Å². The van der Waals surface area contributed by atoms with Gasteiger partial charge in [0.25, 0.3) is 5.91 Å². The highest BCUT2D eigenvalue weighted by Gasteiger charge is 2.23. The molecular weight excluding hydrogens is 430 g/mol. The first-order chi connectivity index (χ1) is 14.7. The Labute approximate surface area is 188 Å². The third kappa shape index (κ3) is 4.70. The highest BCUT2D eigenvalue weighted by atomic mass is 32.1. The molecule has 1 aromatic carbocycles. The number of para-hydroxylation sites is 1. The van der Waals surface area contributed by atoms with Gasteiger partial charge in [-0.15, -0.1) is 22.7 Å². The molecule has 0 spiro atoms. The van der Waals surface area contributed by atoms with Crippen LogP contribution in [0.2, 0.25) is 0 Å². The van der Waals surface area contributed by atoms with Gasteiger partial charge in [-0.1, -0.05) is 32.9 Å². The molecule has 4 aromatic rings. The minimum atomic E-state index is -0.499. The van der Waals surface area contributed by atoms with Crippen LogP contribution in [0, 0.1) is 12.3 Å². The van der Waals surface area contributed by atoms with Gasteiger partial charge in [0, 0.05) is 5.41 Å². The Bertz CT molecular complexity index is 1230. The topological polar surface area (TPSA) is 84.2 Å². The Morgan fingerprint density at radius 1 is 1.10 bits per heavy atom. The van der Waals surface area contributed by atoms with E-state index in [1.807, 2.05) is 70.2 Å². The lowest BCUT2D eigenvalue weighted by atomic mass is 9.96. The van der Waals surface area contributed by atoms with Crippen molar-refractivity contribution in [3.8, 4) is 10.8 Å². The lowest BCUT2D eigenvalue weighted by molar-refractivity contribution is -0.123. The van der Waals surface area contributed by atoms with Gasteiger partial charge in [0.1, 0.15) is 5.76 Å². The van der Waals surface area contributed by atoms with Crippen LogP contribution in [-0.4, -0.2) is 16.8 Å². The predicted octanol–water partition coefficient (Wildman–Crippen LogP) is 5.84. The van der Waals surface area contributed by atoms with Gasteiger partial charge in [-0.25, -0.2) is 4.98 Å². The van der Waals surface area contributed by atoms with Gasteiger partial charge in [0.2, 0.25) is 5.91 Å². The van der Waals surface area contributed by atoms with E-state index >= 15 is 0 Å². The quantitative estimate of drug-likeness (QED) is 0.397. The van der Waals surface area contributed by atoms with Gasteiger partial charge in [-0.3, -0.25) is 9.59 Å². The molecule has 31 heavy (non-hydrogen) atoms. The molecule has 0 atom stereocenters. The Hall–Kier alpha value is -2.97. The molecule has 0 saturated carbocycles. The zero-order valence-corrected chi connectivity index (χ0v) is 19.4. The Morgan fingerprint density at radius 3 is 2.61 bits per heavy atom. The number of nitrogens with one attached hydrogen (secondary N) is 2. The summed E-state index contributed by atoms with van der Waals surface area (Å²) in [6.45, 7) is 7.67. The van der Waals surface area contributed by atoms with E-state index < -0.39 is 5.41 Å². The van der Waals surface area contributed by atoms with Gasteiger partial charge >= 0.3 is 0 Å². The van der Waals surface area contributed by atoms with Crippen LogP contribution in [0.1, 0.15) is 41.8 Å². The zero-order chi connectivity index (χ0) is 22.2. The maximum Gasteiger partial charge on any atom is 0.262 e. The molecule has 6 nitrogen and oxygen atoms in total. The van der Waals surface area contributed by atoms with E-state index in [0.717, 1.165) is 20.8 Å². The van der Waals surface area contributed by atoms with Crippen molar-refractivity contribution in [2.45, 2.75) is 34.2 Å². The maximum atomic E-state index is 12.7. The lowest BCUT2D eigenvalue weighted by Crippen LogP contribution is -2.27. The molecule has 0 fully saturated rings. The smallest absolute Gasteiger partial charge is 0.262 e. The van der Waals surface area contributed by atoms with Crippen LogP contribution >= 0.6 is 22.7 Å². The highest BCUT2D eigenvalue weighted by molar-refractivity contribution is 7.21. The molecule has 0 bridgehead atoms. The molecule has 0 radical (unpaired) electrons. The van der Waals surface area contributed by atoms with Gasteiger partial charge in [0.15, 0.2) is 10.8 Å². The molecule has 2 amide bonds. The summed E-state index contributed by atoms with van der Waals surface area (Å²) in [5.41, 5.74) is 1.26. The first kappa shape index (κ1) is 21.3. The molecule has 0 unspecified atom stereocenters. The van der Waals surface area contributed by atoms with Crippen LogP contribution < -0.4 is 10.6 Å². The van der Waals surface area contributed by atoms with E-state index in [2.05, 4.69) is 15.6 Å². The Balaban J connectivity index is 1.41. The van der Waals surface area contributed by atoms with E-state index in [1.165, 1.54) is 11.3 Å². The largest absolute Gasteiger partial charge is 0.457 e. The fourth-order valence-corrected chi connectivity index (χ4v) is 4.79. The van der Waals surface area contributed by atoms with Crippen LogP contribution in [0.3, 0.4) is 0 Å². The van der Waals surface area contributed by atoms with Crippen LogP contribution in [0.4, 0.5) is 5.00 Å². The summed E-state index contributed by atoms with van der Waals surface area (Å²) < 4.78 is 6.99. The summed E-state index contributed by atoms with van der Waals surface area (Å²) in [5.74, 6) is 1.05. The van der Waals surface area contributed by atoms with E-state index in [9.17, 15) is 9.59 Å². The Morgan fingerprint density at radius 2 is 1.87 bits per heavy atom. The maximum absolute atomic E-state index is 12.7. The van der Waals surface area contributed by atoms with Crippen molar-refractivity contribution in [1.29, 1.82) is 0 Å². The highest BCUT2D eigenvalue weighted by Crippen LogP contribution is 2.31. The molecule has 3 heterocycles. The number of carbonyl (C=O) groups excluding carboxylic acids is 2. The van der Waals surface area contributed by atoms with Crippen molar-refractivity contribution in [3.63, 3.8) is 0 Å². The standard InChI is InChI=1S/C23H23N3O3S2/c1-13-11-18(26-22(28)23(2,3)4)31-19(13)20(27)24-12-14-9-10-16(29-14)21-25-15-7-5-6-8-17(15)30-21/h5-11H,12H2,1-4H3,(H,24,27)(H,26,28). The van der Waals surface area contributed by atoms with Crippen molar-refractivity contribution in [2.24, 2.45) is 5.41 Å². The van der Waals surface area contributed by atoms with Crippen LogP contribution in [0.25, 0.3) is 21.0 Å². The number of anilines is 1. The van der Waals surface area contributed by atoms with Crippen molar-refractivity contribution < 1.29 is 14.0 Å². The number of hydrogen-bond acceptors (Lipinski definition) is 6. The second-order valence-corrected chi connectivity index (χ2v) is 10.3. The SMILES string of the molecule is Cc1cc(NC(=O)C(C)(C)C)sc1C(=O)NCc1ccc(-c2nc3ccccc3s2)o1. The average Bonchev–Trinajstić information content (AvgIpc) is 3.43. The first-order valence-electron chi connectivity index (χ1n) is 9.85. The third-order valence-corrected chi connectivity index (χ3v) is 6.83. The van der Waals surface area contributed by atoms with Crippen LogP contribution in [0.5, 0.6) is 0 Å². The van der Waals surface area contributed by atoms with Gasteiger partial charge in [-0.2, -0.15) is 0 Å². The summed E-state index contributed by atoms with van der Waals surface area (Å²) in [6, 6.07) is 13.5. The molecular formula is C23H23N3O3S2. The number of hydrogen-bond donors (Lipinski definition) is 2. The fraction of sp³-hybridized carbons (Fsp3) is 0.261. The predicted molar refractivity (Wildman–Crippen MR) is 126 cm³/mol. The number of benzene rings is 1. The number of thiophene rings is 1. The number of fused-ring (bicyclic) bond motifs is 1. The normalized spacial score (nSPS) is 11.6. The summed E-state index contributed by atoms with van der Waals surface area (Å²) in [5, 5.41) is 7.25. The number of amides is 2. The second-order valence-electron chi connectivity index (χ2n) is 8.26. The van der Waals surface area contributed by atoms with Crippen LogP contribution in [-0.2, 0) is 11.3 Å². The molecule has 2 N–H and O–H groups in total. The van der Waals surface area contributed by atoms with Crippen molar-refractivity contribution >= 4 is 49.7 Å². The third-order valence-electron chi connectivity index (χ3n) is 4.63. The van der Waals surface area contributed by atoms with Gasteiger partial charge < -0.3 is 15.1 Å². The number of carbonyl (C=O) groups is 2. The Kier molecular flexibility index (Phi) is 5.68. The number of aromatic nitrogens is 1. The average molecular weight is 454 g/mol. The monoisotopic (exact) mass is 453 g/mol. The number of rotatable bonds is 5. The number of aryl methyl sites for hydroxylation is 1. The number of thiazole rings is 1. The van der Waals surface area contributed by atoms with Crippen molar-refractivity contribution in [3.05, 3.63) is 58.7 Å². The minimum absolute atomic E-state index is 0.0846. The summed E-state index contributed by atoms with van der Waals surface area (Å²) in [6.07, 6.45) is 0. The molecule has 4 rings (SSSR count). The lowest BCUT2D eigenvalue weighted by Gasteiger charge is -2.16. The summed E-state index contributed by atoms with van der Waals surface area (Å²) in [4.78, 5) is 30.0. The molecule has 0 aliphatic rings. The molecule has 0 saturated heterocycles. The number of furan rings is 1. The van der Waals surface area contributed by atoms with E-state index in [-0.39, 0.29) is 18.4 Å². The molecule has 3 aromatic heterocycles. The molecule has 0 aliphatic carbocycles. The summed E-state index contributed by atoms with van der Waals surface area (Å²) >= 11 is 2.84. The second kappa shape index (κ2) is 8.28. The van der Waals surface area contributed by atoms with Crippen molar-refractivity contribution in [2.75, 3.05) is 5.32 Å². The molecule has 0 aliphatic heterocycles. The van der Waals surface area contributed by atoms with E-state index in [4.69, 9.17) is 4.42 Å². The van der Waals surface area contributed by atoms with E-state index in [0.29, 0.717) is 21.4 Å². The molecule has 8 heteroatoms. The first-order valence-corrected chi connectivity index (χ1v) is 11.5. The van der Waals surface area contributed by atoms with Crippen LogP contribution in [0.15, 0.2) is 46.9 Å². The van der Waals surface area contributed by atoms with Gasteiger partial charge in [-0.05, 0) is 42.8 Å². The summed E-state index contributed by atoms with van der Waals surface area (Å²) in [7, 11) is 0. The zero-order valence-electron chi connectivity index (χ0n) is 17.7. The van der Waals surface area contributed by atoms with E-state index in [1.54, 1.807) is 11.3 Å². The minimum Gasteiger partial charge on any atom is -0.457 e. The number of nitrogens with zero attached hydrogens (tertiary/aromatic N) is 1.